The number of aryl methyl sites for hydroxylation is 1. The molecule has 0 spiro atoms. The number of hydrogen-bond acceptors (Lipinski definition) is 5. The van der Waals surface area contributed by atoms with Gasteiger partial charge in [0, 0.05) is 24.5 Å². The number of sulfonamides is 1. The van der Waals surface area contributed by atoms with Gasteiger partial charge in [0.25, 0.3) is 10.0 Å². The molecule has 4 aromatic rings. The summed E-state index contributed by atoms with van der Waals surface area (Å²) in [5.41, 5.74) is 3.00. The summed E-state index contributed by atoms with van der Waals surface area (Å²) in [6, 6.07) is 28.5. The molecule has 0 radical (unpaired) electrons. The summed E-state index contributed by atoms with van der Waals surface area (Å²) in [6.45, 7) is 6.02. The number of carbonyl (C=O) groups is 2. The lowest BCUT2D eigenvalue weighted by atomic mass is 10.0. The van der Waals surface area contributed by atoms with Crippen molar-refractivity contribution in [2.45, 2.75) is 44.7 Å². The molecule has 0 aliphatic carbocycles. The summed E-state index contributed by atoms with van der Waals surface area (Å²) >= 11 is 6.05. The number of likely N-dealkylation sites (N-methyl/N-ethyl adjacent to an activating group) is 1. The van der Waals surface area contributed by atoms with Gasteiger partial charge in [-0.15, -0.1) is 0 Å². The van der Waals surface area contributed by atoms with Crippen LogP contribution in [-0.4, -0.2) is 50.9 Å². The fraction of sp³-hybridized carbons (Fsp3) is 0.257. The highest BCUT2D eigenvalue weighted by Gasteiger charge is 2.34. The lowest BCUT2D eigenvalue weighted by molar-refractivity contribution is -0.140. The highest BCUT2D eigenvalue weighted by molar-refractivity contribution is 7.92. The first-order valence-corrected chi connectivity index (χ1v) is 16.6. The molecule has 236 valence electrons. The molecular weight excluding hydrogens is 610 g/mol. The summed E-state index contributed by atoms with van der Waals surface area (Å²) in [5, 5.41) is 3.25. The van der Waals surface area contributed by atoms with Crippen LogP contribution < -0.4 is 14.4 Å². The molecule has 1 N–H and O–H groups in total. The first-order valence-electron chi connectivity index (χ1n) is 14.8. The third kappa shape index (κ3) is 8.86. The molecule has 0 aliphatic rings. The van der Waals surface area contributed by atoms with E-state index >= 15 is 0 Å². The lowest BCUT2D eigenvalue weighted by Crippen LogP contribution is -2.53. The monoisotopic (exact) mass is 647 g/mol. The molecule has 0 saturated carbocycles. The Balaban J connectivity index is 1.79. The van der Waals surface area contributed by atoms with Gasteiger partial charge >= 0.3 is 0 Å². The van der Waals surface area contributed by atoms with Crippen molar-refractivity contribution in [1.82, 2.24) is 10.2 Å². The molecule has 4 aromatic carbocycles. The van der Waals surface area contributed by atoms with Crippen molar-refractivity contribution in [2.75, 3.05) is 24.0 Å². The number of amides is 2. The van der Waals surface area contributed by atoms with E-state index in [4.69, 9.17) is 16.3 Å². The number of rotatable bonds is 14. The SMILES string of the molecule is CCNC(=O)[C@H](Cc1ccccc1)N(Cc1ccc(C)cc1)C(=O)CN(c1ccc(OCC)cc1)S(=O)(=O)c1ccc(Cl)cc1. The summed E-state index contributed by atoms with van der Waals surface area (Å²) in [5.74, 6) is -0.291. The zero-order valence-electron chi connectivity index (χ0n) is 25.6. The van der Waals surface area contributed by atoms with Gasteiger partial charge in [-0.1, -0.05) is 71.8 Å². The number of nitrogens with one attached hydrogen (secondary N) is 1. The molecule has 1 atom stereocenters. The first kappa shape index (κ1) is 33.6. The van der Waals surface area contributed by atoms with Crippen molar-refractivity contribution in [3.8, 4) is 5.75 Å². The largest absolute Gasteiger partial charge is 0.494 e. The van der Waals surface area contributed by atoms with Crippen molar-refractivity contribution >= 4 is 39.1 Å². The average Bonchev–Trinajstić information content (AvgIpc) is 3.03. The van der Waals surface area contributed by atoms with E-state index in [0.29, 0.717) is 23.9 Å². The molecule has 0 saturated heterocycles. The van der Waals surface area contributed by atoms with Gasteiger partial charge in [0.05, 0.1) is 17.2 Å². The van der Waals surface area contributed by atoms with E-state index < -0.39 is 28.5 Å². The molecule has 45 heavy (non-hydrogen) atoms. The minimum Gasteiger partial charge on any atom is -0.494 e. The molecule has 0 heterocycles. The highest BCUT2D eigenvalue weighted by Crippen LogP contribution is 2.28. The zero-order chi connectivity index (χ0) is 32.4. The van der Waals surface area contributed by atoms with Crippen molar-refractivity contribution in [3.63, 3.8) is 0 Å². The van der Waals surface area contributed by atoms with Crippen molar-refractivity contribution in [2.24, 2.45) is 0 Å². The molecule has 2 amide bonds. The molecule has 0 unspecified atom stereocenters. The zero-order valence-corrected chi connectivity index (χ0v) is 27.2. The Morgan fingerprint density at radius 3 is 2.09 bits per heavy atom. The van der Waals surface area contributed by atoms with E-state index in [9.17, 15) is 18.0 Å². The van der Waals surface area contributed by atoms with Crippen molar-refractivity contribution < 1.29 is 22.7 Å². The van der Waals surface area contributed by atoms with Crippen LogP contribution in [-0.2, 0) is 32.6 Å². The first-order chi connectivity index (χ1) is 21.6. The number of hydrogen-bond donors (Lipinski definition) is 1. The van der Waals surface area contributed by atoms with Crippen LogP contribution in [0.5, 0.6) is 5.75 Å². The predicted molar refractivity (Wildman–Crippen MR) is 178 cm³/mol. The van der Waals surface area contributed by atoms with Gasteiger partial charge in [0.2, 0.25) is 11.8 Å². The van der Waals surface area contributed by atoms with Gasteiger partial charge in [-0.05, 0) is 80.4 Å². The van der Waals surface area contributed by atoms with Gasteiger partial charge in [-0.2, -0.15) is 0 Å². The third-order valence-corrected chi connectivity index (χ3v) is 9.25. The molecule has 8 nitrogen and oxygen atoms in total. The van der Waals surface area contributed by atoms with Crippen LogP contribution in [0, 0.1) is 6.92 Å². The van der Waals surface area contributed by atoms with E-state index in [2.05, 4.69) is 5.32 Å². The Labute approximate surface area is 270 Å². The molecule has 10 heteroatoms. The second-order valence-corrected chi connectivity index (χ2v) is 12.8. The number of nitrogens with zero attached hydrogens (tertiary/aromatic N) is 2. The molecular formula is C35H38ClN3O5S. The van der Waals surface area contributed by atoms with E-state index in [1.807, 2.05) is 75.4 Å². The molecule has 4 rings (SSSR count). The van der Waals surface area contributed by atoms with Gasteiger partial charge < -0.3 is 15.0 Å². The Morgan fingerprint density at radius 2 is 1.49 bits per heavy atom. The van der Waals surface area contributed by atoms with E-state index in [-0.39, 0.29) is 29.5 Å². The van der Waals surface area contributed by atoms with E-state index in [1.54, 1.807) is 24.3 Å². The van der Waals surface area contributed by atoms with Gasteiger partial charge in [-0.3, -0.25) is 13.9 Å². The van der Waals surface area contributed by atoms with Crippen LogP contribution in [0.2, 0.25) is 5.02 Å². The Hall–Kier alpha value is -4.34. The van der Waals surface area contributed by atoms with Crippen LogP contribution in [0.15, 0.2) is 108 Å². The Kier molecular flexibility index (Phi) is 11.6. The quantitative estimate of drug-likeness (QED) is 0.181. The topological polar surface area (TPSA) is 96.0 Å². The van der Waals surface area contributed by atoms with Crippen molar-refractivity contribution in [3.05, 3.63) is 125 Å². The number of halogens is 1. The van der Waals surface area contributed by atoms with Crippen LogP contribution in [0.25, 0.3) is 0 Å². The van der Waals surface area contributed by atoms with Gasteiger partial charge in [-0.25, -0.2) is 8.42 Å². The maximum Gasteiger partial charge on any atom is 0.264 e. The van der Waals surface area contributed by atoms with Crippen molar-refractivity contribution in [1.29, 1.82) is 0 Å². The minimum atomic E-state index is -4.23. The normalized spacial score (nSPS) is 11.8. The van der Waals surface area contributed by atoms with E-state index in [0.717, 1.165) is 21.0 Å². The molecule has 0 bridgehead atoms. The van der Waals surface area contributed by atoms with Gasteiger partial charge in [0.15, 0.2) is 0 Å². The number of benzene rings is 4. The van der Waals surface area contributed by atoms with E-state index in [1.165, 1.54) is 29.2 Å². The number of ether oxygens (including phenoxy) is 1. The second kappa shape index (κ2) is 15.6. The minimum absolute atomic E-state index is 0.0248. The summed E-state index contributed by atoms with van der Waals surface area (Å²) in [4.78, 5) is 29.5. The summed E-state index contributed by atoms with van der Waals surface area (Å²) in [6.07, 6.45) is 0.247. The summed E-state index contributed by atoms with van der Waals surface area (Å²) < 4.78 is 34.8. The summed E-state index contributed by atoms with van der Waals surface area (Å²) in [7, 11) is -4.23. The predicted octanol–water partition coefficient (Wildman–Crippen LogP) is 6.02. The molecule has 0 fully saturated rings. The third-order valence-electron chi connectivity index (χ3n) is 7.21. The van der Waals surface area contributed by atoms with Crippen LogP contribution in [0.3, 0.4) is 0 Å². The molecule has 0 aliphatic heterocycles. The maximum absolute atomic E-state index is 14.4. The van der Waals surface area contributed by atoms with Crippen LogP contribution in [0.4, 0.5) is 5.69 Å². The van der Waals surface area contributed by atoms with Crippen LogP contribution in [0.1, 0.15) is 30.5 Å². The van der Waals surface area contributed by atoms with Crippen LogP contribution >= 0.6 is 11.6 Å². The molecule has 0 aromatic heterocycles. The number of anilines is 1. The second-order valence-electron chi connectivity index (χ2n) is 10.5. The smallest absolute Gasteiger partial charge is 0.264 e. The Morgan fingerprint density at radius 1 is 0.844 bits per heavy atom. The maximum atomic E-state index is 14.4. The highest BCUT2D eigenvalue weighted by atomic mass is 35.5. The number of carbonyl (C=O) groups excluding carboxylic acids is 2. The fourth-order valence-electron chi connectivity index (χ4n) is 4.87. The average molecular weight is 648 g/mol. The van der Waals surface area contributed by atoms with Gasteiger partial charge in [0.1, 0.15) is 18.3 Å². The Bertz CT molecular complexity index is 1660. The standard InChI is InChI=1S/C35H38ClN3O5S/c1-4-37-35(41)33(23-27-9-7-6-8-10-27)38(24-28-13-11-26(3)12-14-28)34(40)25-39(30-17-19-31(20-18-30)44-5-2)45(42,43)32-21-15-29(36)16-22-32/h6-22,33H,4-5,23-25H2,1-3H3,(H,37,41)/t33-/m0/s1. The fourth-order valence-corrected chi connectivity index (χ4v) is 6.41. The lowest BCUT2D eigenvalue weighted by Gasteiger charge is -2.34.